The van der Waals surface area contributed by atoms with Crippen molar-refractivity contribution in [2.75, 3.05) is 14.2 Å². The third kappa shape index (κ3) is 4.70. The number of carbonyl (C=O) groups excluding carboxylic acids is 2. The molecule has 7 nitrogen and oxygen atoms in total. The van der Waals surface area contributed by atoms with Gasteiger partial charge in [-0.05, 0) is 24.6 Å². The second-order valence-corrected chi connectivity index (χ2v) is 9.47. The second-order valence-electron chi connectivity index (χ2n) is 8.08. The fraction of sp³-hybridized carbons (Fsp3) is 0.500. The Morgan fingerprint density at radius 2 is 2.14 bits per heavy atom. The van der Waals surface area contributed by atoms with Gasteiger partial charge in [0.2, 0.25) is 10.7 Å². The molecule has 1 aromatic heterocycles. The molecule has 1 aromatic carbocycles. The van der Waals surface area contributed by atoms with E-state index in [9.17, 15) is 9.59 Å². The summed E-state index contributed by atoms with van der Waals surface area (Å²) in [5.41, 5.74) is 0.111. The minimum absolute atomic E-state index is 0.0344. The molecule has 1 fully saturated rings. The zero-order valence-electron chi connectivity index (χ0n) is 17.2. The van der Waals surface area contributed by atoms with Crippen molar-refractivity contribution in [3.8, 4) is 5.75 Å². The van der Waals surface area contributed by atoms with E-state index >= 15 is 0 Å². The molecule has 1 aliphatic rings. The summed E-state index contributed by atoms with van der Waals surface area (Å²) in [5.74, 6) is 0.0922. The molecule has 2 aromatic rings. The molecule has 1 aliphatic heterocycles. The largest absolute Gasteiger partial charge is 0.496 e. The minimum atomic E-state index is -0.446. The molecule has 1 saturated heterocycles. The van der Waals surface area contributed by atoms with E-state index in [0.29, 0.717) is 34.1 Å². The summed E-state index contributed by atoms with van der Waals surface area (Å²) in [5, 5.41) is 6.01. The smallest absolute Gasteiger partial charge is 0.283 e. The number of benzene rings is 1. The van der Waals surface area contributed by atoms with Crippen molar-refractivity contribution in [2.24, 2.45) is 4.99 Å². The van der Waals surface area contributed by atoms with E-state index in [4.69, 9.17) is 21.4 Å². The number of amides is 2. The molecule has 0 saturated carbocycles. The van der Waals surface area contributed by atoms with Gasteiger partial charge in [0.1, 0.15) is 10.8 Å². The zero-order chi connectivity index (χ0) is 21.3. The number of halogens is 1. The lowest BCUT2D eigenvalue weighted by Crippen LogP contribution is -2.35. The molecule has 0 radical (unpaired) electrons. The van der Waals surface area contributed by atoms with Gasteiger partial charge in [0, 0.05) is 23.9 Å². The highest BCUT2D eigenvalue weighted by molar-refractivity contribution is 7.09. The number of rotatable bonds is 4. The normalized spacial score (nSPS) is 17.9. The monoisotopic (exact) mass is 436 g/mol. The van der Waals surface area contributed by atoms with Gasteiger partial charge >= 0.3 is 0 Å². The molecule has 156 valence electrons. The highest BCUT2D eigenvalue weighted by Crippen LogP contribution is 2.25. The molecule has 0 aliphatic carbocycles. The molecule has 3 rings (SSSR count). The van der Waals surface area contributed by atoms with Crippen molar-refractivity contribution >= 4 is 34.8 Å². The summed E-state index contributed by atoms with van der Waals surface area (Å²) < 4.78 is 7.02. The Hall–Kier alpha value is -2.19. The van der Waals surface area contributed by atoms with Crippen LogP contribution in [-0.4, -0.2) is 46.7 Å². The van der Waals surface area contributed by atoms with Gasteiger partial charge in [-0.1, -0.05) is 43.7 Å². The van der Waals surface area contributed by atoms with E-state index in [-0.39, 0.29) is 17.4 Å². The van der Waals surface area contributed by atoms with Crippen LogP contribution in [0.3, 0.4) is 0 Å². The number of carbonyl (C=O) groups is 2. The third-order valence-electron chi connectivity index (χ3n) is 4.87. The maximum Gasteiger partial charge on any atom is 0.283 e. The van der Waals surface area contributed by atoms with Crippen LogP contribution < -0.4 is 9.54 Å². The van der Waals surface area contributed by atoms with Gasteiger partial charge in [-0.15, -0.1) is 0 Å². The van der Waals surface area contributed by atoms with Crippen molar-refractivity contribution in [1.29, 1.82) is 0 Å². The van der Waals surface area contributed by atoms with E-state index in [1.165, 1.54) is 18.4 Å². The van der Waals surface area contributed by atoms with Gasteiger partial charge < -0.3 is 9.64 Å². The standard InChI is InChI=1S/C20H25ClN4O3S/c1-20(2,3)18-23-25(11-13-7-9-16(26)24(13)4)19(29-18)22-17(27)14-10-12(21)6-8-15(14)28-5/h6,8,10,13H,7,9,11H2,1-5H3/t13-/m0/s1. The molecule has 29 heavy (non-hydrogen) atoms. The summed E-state index contributed by atoms with van der Waals surface area (Å²) >= 11 is 7.44. The number of methoxy groups -OCH3 is 1. The average Bonchev–Trinajstić information content (AvgIpc) is 3.20. The number of ether oxygens (including phenoxy) is 1. The maximum atomic E-state index is 12.9. The van der Waals surface area contributed by atoms with Gasteiger partial charge in [-0.25, -0.2) is 4.68 Å². The molecule has 0 N–H and O–H groups in total. The van der Waals surface area contributed by atoms with Crippen LogP contribution >= 0.6 is 22.9 Å². The predicted octanol–water partition coefficient (Wildman–Crippen LogP) is 3.27. The summed E-state index contributed by atoms with van der Waals surface area (Å²) in [7, 11) is 3.30. The number of hydrogen-bond acceptors (Lipinski definition) is 5. The molecule has 0 bridgehead atoms. The van der Waals surface area contributed by atoms with Gasteiger partial charge in [0.05, 0.1) is 25.3 Å². The lowest BCUT2D eigenvalue weighted by Gasteiger charge is -2.19. The first-order valence-corrected chi connectivity index (χ1v) is 10.6. The highest BCUT2D eigenvalue weighted by Gasteiger charge is 2.29. The van der Waals surface area contributed by atoms with E-state index in [1.807, 2.05) is 0 Å². The van der Waals surface area contributed by atoms with Crippen LogP contribution in [0.2, 0.25) is 5.02 Å². The Labute approximate surface area is 179 Å². The number of aromatic nitrogens is 2. The molecule has 0 unspecified atom stereocenters. The Balaban J connectivity index is 2.03. The van der Waals surface area contributed by atoms with Crippen LogP contribution in [0.4, 0.5) is 0 Å². The Morgan fingerprint density at radius 3 is 2.72 bits per heavy atom. The maximum absolute atomic E-state index is 12.9. The topological polar surface area (TPSA) is 76.8 Å². The molecule has 9 heteroatoms. The van der Waals surface area contributed by atoms with Crippen LogP contribution in [-0.2, 0) is 16.8 Å². The molecular weight excluding hydrogens is 412 g/mol. The SMILES string of the molecule is COc1ccc(Cl)cc1C(=O)N=c1sc(C(C)(C)C)nn1C[C@@H]1CCC(=O)N1C. The van der Waals surface area contributed by atoms with Crippen molar-refractivity contribution < 1.29 is 14.3 Å². The first-order chi connectivity index (χ1) is 13.6. The minimum Gasteiger partial charge on any atom is -0.496 e. The third-order valence-corrected chi connectivity index (χ3v) is 6.47. The summed E-state index contributed by atoms with van der Waals surface area (Å²) in [6.45, 7) is 6.68. The first-order valence-electron chi connectivity index (χ1n) is 9.37. The second kappa shape index (κ2) is 8.28. The summed E-state index contributed by atoms with van der Waals surface area (Å²) in [6, 6.07) is 4.89. The molecule has 2 amide bonds. The quantitative estimate of drug-likeness (QED) is 0.737. The number of nitrogens with zero attached hydrogens (tertiary/aromatic N) is 4. The number of hydrogen-bond donors (Lipinski definition) is 0. The van der Waals surface area contributed by atoms with Gasteiger partial charge in [0.15, 0.2) is 0 Å². The van der Waals surface area contributed by atoms with Crippen molar-refractivity contribution in [3.05, 3.63) is 38.6 Å². The van der Waals surface area contributed by atoms with E-state index < -0.39 is 5.91 Å². The molecule has 1 atom stereocenters. The Morgan fingerprint density at radius 1 is 1.41 bits per heavy atom. The average molecular weight is 437 g/mol. The zero-order valence-corrected chi connectivity index (χ0v) is 18.8. The lowest BCUT2D eigenvalue weighted by molar-refractivity contribution is -0.127. The van der Waals surface area contributed by atoms with Gasteiger partial charge in [0.25, 0.3) is 5.91 Å². The van der Waals surface area contributed by atoms with Gasteiger partial charge in [-0.2, -0.15) is 10.1 Å². The van der Waals surface area contributed by atoms with Crippen LogP contribution in [0.1, 0.15) is 49.0 Å². The Bertz CT molecular complexity index is 1010. The Kier molecular flexibility index (Phi) is 6.14. The molecule has 2 heterocycles. The van der Waals surface area contributed by atoms with Crippen LogP contribution in [0.5, 0.6) is 5.75 Å². The van der Waals surface area contributed by atoms with Crippen molar-refractivity contribution in [2.45, 2.75) is 51.6 Å². The summed E-state index contributed by atoms with van der Waals surface area (Å²) in [6.07, 6.45) is 1.29. The van der Waals surface area contributed by atoms with Crippen LogP contribution in [0.25, 0.3) is 0 Å². The van der Waals surface area contributed by atoms with Crippen LogP contribution in [0.15, 0.2) is 23.2 Å². The first kappa shape index (κ1) is 21.5. The predicted molar refractivity (Wildman–Crippen MR) is 112 cm³/mol. The molecular formula is C20H25ClN4O3S. The fourth-order valence-electron chi connectivity index (χ4n) is 3.09. The van der Waals surface area contributed by atoms with E-state index in [0.717, 1.165) is 11.4 Å². The number of likely N-dealkylation sites (tertiary alicyclic amines) is 1. The van der Waals surface area contributed by atoms with Crippen LogP contribution in [0, 0.1) is 0 Å². The van der Waals surface area contributed by atoms with Gasteiger partial charge in [-0.3, -0.25) is 9.59 Å². The molecule has 0 spiro atoms. The number of likely N-dealkylation sites (N-methyl/N-ethyl adjacent to an activating group) is 1. The summed E-state index contributed by atoms with van der Waals surface area (Å²) in [4.78, 5) is 31.4. The fourth-order valence-corrected chi connectivity index (χ4v) is 4.23. The van der Waals surface area contributed by atoms with Crippen molar-refractivity contribution in [1.82, 2.24) is 14.7 Å². The van der Waals surface area contributed by atoms with E-state index in [1.54, 1.807) is 34.8 Å². The van der Waals surface area contributed by atoms with E-state index in [2.05, 4.69) is 25.8 Å². The highest BCUT2D eigenvalue weighted by atomic mass is 35.5. The lowest BCUT2D eigenvalue weighted by atomic mass is 9.98. The van der Waals surface area contributed by atoms with Crippen molar-refractivity contribution in [3.63, 3.8) is 0 Å².